The number of nitrogens with zero attached hydrogens (tertiary/aromatic N) is 1. The van der Waals surface area contributed by atoms with Crippen molar-refractivity contribution >= 4 is 51.4 Å². The summed E-state index contributed by atoms with van der Waals surface area (Å²) in [5.41, 5.74) is 1.22. The molecule has 1 aromatic heterocycles. The lowest BCUT2D eigenvalue weighted by Gasteiger charge is -2.25. The van der Waals surface area contributed by atoms with Gasteiger partial charge in [-0.25, -0.2) is 4.79 Å². The van der Waals surface area contributed by atoms with E-state index in [1.807, 2.05) is 0 Å². The molecule has 1 aromatic carbocycles. The van der Waals surface area contributed by atoms with Crippen LogP contribution in [0.1, 0.15) is 29.6 Å². The molecule has 0 bridgehead atoms. The van der Waals surface area contributed by atoms with Crippen molar-refractivity contribution in [2.24, 2.45) is 0 Å². The summed E-state index contributed by atoms with van der Waals surface area (Å²) in [5, 5.41) is 15.2. The lowest BCUT2D eigenvalue weighted by Crippen LogP contribution is -2.36. The van der Waals surface area contributed by atoms with Crippen LogP contribution in [0.25, 0.3) is 11.1 Å². The normalized spacial score (nSPS) is 15.0. The molecule has 8 heteroatoms. The summed E-state index contributed by atoms with van der Waals surface area (Å²) < 4.78 is 0. The molecular formula is C18H18Cl2N2O3S. The molecule has 1 fully saturated rings. The van der Waals surface area contributed by atoms with Gasteiger partial charge in [-0.05, 0) is 43.6 Å². The predicted molar refractivity (Wildman–Crippen MR) is 106 cm³/mol. The third-order valence-electron chi connectivity index (χ3n) is 4.30. The molecule has 1 aliphatic rings. The average molecular weight is 413 g/mol. The molecule has 0 atom stereocenters. The molecule has 1 saturated heterocycles. The van der Waals surface area contributed by atoms with Gasteiger partial charge in [0.15, 0.2) is 0 Å². The van der Waals surface area contributed by atoms with Crippen molar-refractivity contribution in [1.82, 2.24) is 4.90 Å². The van der Waals surface area contributed by atoms with E-state index >= 15 is 0 Å². The fourth-order valence-corrected chi connectivity index (χ4v) is 4.30. The maximum absolute atomic E-state index is 12.3. The van der Waals surface area contributed by atoms with Crippen molar-refractivity contribution in [3.8, 4) is 11.1 Å². The van der Waals surface area contributed by atoms with E-state index in [1.54, 1.807) is 23.6 Å². The first-order valence-electron chi connectivity index (χ1n) is 8.28. The molecule has 2 heterocycles. The van der Waals surface area contributed by atoms with E-state index in [0.717, 1.165) is 25.9 Å². The number of carboxylic acid groups (broad SMARTS) is 1. The summed E-state index contributed by atoms with van der Waals surface area (Å²) in [5.74, 6) is -1.29. The zero-order chi connectivity index (χ0) is 18.7. The average Bonchev–Trinajstić information content (AvgIpc) is 3.02. The fourth-order valence-electron chi connectivity index (χ4n) is 3.03. The first-order valence-corrected chi connectivity index (χ1v) is 9.91. The van der Waals surface area contributed by atoms with Crippen molar-refractivity contribution < 1.29 is 14.7 Å². The highest BCUT2D eigenvalue weighted by Gasteiger charge is 2.22. The van der Waals surface area contributed by atoms with Crippen LogP contribution >= 0.6 is 34.5 Å². The number of amides is 1. The molecule has 0 radical (unpaired) electrons. The van der Waals surface area contributed by atoms with Crippen LogP contribution in [-0.4, -0.2) is 41.5 Å². The second kappa shape index (κ2) is 8.39. The van der Waals surface area contributed by atoms with Crippen molar-refractivity contribution in [1.29, 1.82) is 0 Å². The number of piperidine rings is 1. The summed E-state index contributed by atoms with van der Waals surface area (Å²) in [6.07, 6.45) is 3.38. The molecule has 138 valence electrons. The van der Waals surface area contributed by atoms with Gasteiger partial charge in [-0.2, -0.15) is 0 Å². The summed E-state index contributed by atoms with van der Waals surface area (Å²) >= 11 is 13.2. The predicted octanol–water partition coefficient (Wildman–Crippen LogP) is 4.84. The Morgan fingerprint density at radius 2 is 1.88 bits per heavy atom. The van der Waals surface area contributed by atoms with E-state index in [9.17, 15) is 14.7 Å². The smallest absolute Gasteiger partial charge is 0.339 e. The van der Waals surface area contributed by atoms with Crippen LogP contribution < -0.4 is 5.32 Å². The molecule has 0 spiro atoms. The third kappa shape index (κ3) is 4.38. The van der Waals surface area contributed by atoms with Crippen LogP contribution in [0.5, 0.6) is 0 Å². The lowest BCUT2D eigenvalue weighted by molar-refractivity contribution is -0.117. The molecule has 0 aliphatic carbocycles. The van der Waals surface area contributed by atoms with Gasteiger partial charge in [0.25, 0.3) is 0 Å². The fraction of sp³-hybridized carbons (Fsp3) is 0.333. The summed E-state index contributed by atoms with van der Waals surface area (Å²) in [7, 11) is 0. The van der Waals surface area contributed by atoms with E-state index < -0.39 is 5.97 Å². The second-order valence-electron chi connectivity index (χ2n) is 6.17. The maximum Gasteiger partial charge on any atom is 0.339 e. The number of nitrogens with one attached hydrogen (secondary N) is 1. The van der Waals surface area contributed by atoms with Gasteiger partial charge in [-0.1, -0.05) is 35.7 Å². The molecule has 0 saturated carbocycles. The number of carboxylic acids is 1. The molecule has 2 N–H and O–H groups in total. The highest BCUT2D eigenvalue weighted by molar-refractivity contribution is 7.15. The Hall–Kier alpha value is -1.60. The van der Waals surface area contributed by atoms with Gasteiger partial charge in [0, 0.05) is 10.9 Å². The minimum atomic E-state index is -1.10. The number of carbonyl (C=O) groups is 2. The Morgan fingerprint density at radius 3 is 2.54 bits per heavy atom. The first kappa shape index (κ1) is 19.2. The minimum Gasteiger partial charge on any atom is -0.478 e. The highest BCUT2D eigenvalue weighted by atomic mass is 35.5. The second-order valence-corrected chi connectivity index (χ2v) is 7.87. The number of hydrogen-bond acceptors (Lipinski definition) is 4. The van der Waals surface area contributed by atoms with E-state index in [2.05, 4.69) is 10.2 Å². The Kier molecular flexibility index (Phi) is 6.19. The van der Waals surface area contributed by atoms with E-state index in [-0.39, 0.29) is 18.0 Å². The minimum absolute atomic E-state index is 0.0698. The van der Waals surface area contributed by atoms with Gasteiger partial charge >= 0.3 is 5.97 Å². The quantitative estimate of drug-likeness (QED) is 0.736. The molecule has 5 nitrogen and oxygen atoms in total. The summed E-state index contributed by atoms with van der Waals surface area (Å²) in [4.78, 5) is 26.2. The lowest BCUT2D eigenvalue weighted by atomic mass is 10.0. The molecule has 2 aromatic rings. The first-order chi connectivity index (χ1) is 12.5. The standard InChI is InChI=1S/C18H18Cl2N2O3S/c19-13-5-4-11(8-14(13)20)12-10-26-17(16(12)18(24)25)21-15(23)9-22-6-2-1-3-7-22/h4-5,8,10H,1-3,6-7,9H2,(H,21,23)(H,24,25). The Bertz CT molecular complexity index is 832. The number of aromatic carboxylic acids is 1. The highest BCUT2D eigenvalue weighted by Crippen LogP contribution is 2.37. The van der Waals surface area contributed by atoms with Crippen LogP contribution in [0.4, 0.5) is 5.00 Å². The number of likely N-dealkylation sites (tertiary alicyclic amines) is 1. The van der Waals surface area contributed by atoms with Crippen molar-refractivity contribution in [2.75, 3.05) is 25.0 Å². The van der Waals surface area contributed by atoms with Crippen LogP contribution in [0, 0.1) is 0 Å². The molecular weight excluding hydrogens is 395 g/mol. The number of halogens is 2. The van der Waals surface area contributed by atoms with Crippen molar-refractivity contribution in [3.05, 3.63) is 39.2 Å². The van der Waals surface area contributed by atoms with Gasteiger partial charge in [-0.15, -0.1) is 11.3 Å². The van der Waals surface area contributed by atoms with Gasteiger partial charge in [-0.3, -0.25) is 9.69 Å². The van der Waals surface area contributed by atoms with E-state index in [0.29, 0.717) is 26.2 Å². The Morgan fingerprint density at radius 1 is 1.15 bits per heavy atom. The molecule has 1 aliphatic heterocycles. The van der Waals surface area contributed by atoms with Gasteiger partial charge in [0.2, 0.25) is 5.91 Å². The summed E-state index contributed by atoms with van der Waals surface area (Å²) in [6, 6.07) is 4.96. The van der Waals surface area contributed by atoms with Crippen molar-refractivity contribution in [2.45, 2.75) is 19.3 Å². The monoisotopic (exact) mass is 412 g/mol. The third-order valence-corrected chi connectivity index (χ3v) is 5.94. The van der Waals surface area contributed by atoms with E-state index in [1.165, 1.54) is 17.8 Å². The zero-order valence-electron chi connectivity index (χ0n) is 13.9. The van der Waals surface area contributed by atoms with E-state index in [4.69, 9.17) is 23.2 Å². The van der Waals surface area contributed by atoms with Crippen molar-refractivity contribution in [3.63, 3.8) is 0 Å². The number of thiophene rings is 1. The van der Waals surface area contributed by atoms with Gasteiger partial charge < -0.3 is 10.4 Å². The molecule has 1 amide bonds. The van der Waals surface area contributed by atoms with Crippen LogP contribution in [0.3, 0.4) is 0 Å². The Balaban J connectivity index is 1.81. The van der Waals surface area contributed by atoms with Gasteiger partial charge in [0.05, 0.1) is 16.6 Å². The molecule has 26 heavy (non-hydrogen) atoms. The van der Waals surface area contributed by atoms with Crippen LogP contribution in [0.2, 0.25) is 10.0 Å². The van der Waals surface area contributed by atoms with Crippen LogP contribution in [0.15, 0.2) is 23.6 Å². The Labute approximate surface area is 165 Å². The number of anilines is 1. The number of benzene rings is 1. The number of rotatable bonds is 5. The number of hydrogen-bond donors (Lipinski definition) is 2. The van der Waals surface area contributed by atoms with Crippen LogP contribution in [-0.2, 0) is 4.79 Å². The zero-order valence-corrected chi connectivity index (χ0v) is 16.3. The van der Waals surface area contributed by atoms with Gasteiger partial charge in [0.1, 0.15) is 10.6 Å². The largest absolute Gasteiger partial charge is 0.478 e. The number of carbonyl (C=O) groups excluding carboxylic acids is 1. The molecule has 0 unspecified atom stereocenters. The topological polar surface area (TPSA) is 69.6 Å². The molecule has 3 rings (SSSR count). The SMILES string of the molecule is O=C(CN1CCCCC1)Nc1scc(-c2ccc(Cl)c(Cl)c2)c1C(=O)O. The maximum atomic E-state index is 12.3. The summed E-state index contributed by atoms with van der Waals surface area (Å²) in [6.45, 7) is 2.08.